The van der Waals surface area contributed by atoms with Crippen LogP contribution >= 0.6 is 11.6 Å². The number of aryl methyl sites for hydroxylation is 1. The van der Waals surface area contributed by atoms with Gasteiger partial charge in [-0.1, -0.05) is 53.1 Å². The van der Waals surface area contributed by atoms with Gasteiger partial charge in [0.1, 0.15) is 0 Å². The van der Waals surface area contributed by atoms with Crippen LogP contribution in [0.4, 0.5) is 0 Å². The molecular weight excluding hydrogens is 486 g/mol. The largest absolute Gasteiger partial charge is 0.501 e. The fourth-order valence-corrected chi connectivity index (χ4v) is 3.76. The molecule has 0 aliphatic heterocycles. The zero-order chi connectivity index (χ0) is 28.4. The number of fused-ring (bicyclic) bond motifs is 2. The smallest absolute Gasteiger partial charge is 0.197 e. The molecule has 1 aliphatic rings. The predicted octanol–water partition coefficient (Wildman–Crippen LogP) is 7.85. The van der Waals surface area contributed by atoms with Gasteiger partial charge in [-0.2, -0.15) is 0 Å². The van der Waals surface area contributed by atoms with Crippen molar-refractivity contribution >= 4 is 28.7 Å². The standard InChI is InChI=1S/C24H28ClN3O3.3C2H6/c1-5-20(31-4)9-7-16(15(2)30-3)12-26-19-8-6-17-13-27-24-22(10-18(25)14-28-24)23(29)21(17)11-19;3*1-2/h5,10-11,13-14,26H,6-9,12H2,1-4H3;3*1-2H3/b16-15-,20-5+;;;. The molecule has 0 spiro atoms. The summed E-state index contributed by atoms with van der Waals surface area (Å²) in [5.74, 6) is 1.84. The van der Waals surface area contributed by atoms with Gasteiger partial charge in [0.05, 0.1) is 36.1 Å². The third-order valence-electron chi connectivity index (χ3n) is 5.58. The molecule has 1 aliphatic carbocycles. The minimum Gasteiger partial charge on any atom is -0.501 e. The van der Waals surface area contributed by atoms with Crippen LogP contribution in [0.2, 0.25) is 5.02 Å². The molecule has 1 N–H and O–H groups in total. The van der Waals surface area contributed by atoms with Crippen molar-refractivity contribution < 1.29 is 9.47 Å². The summed E-state index contributed by atoms with van der Waals surface area (Å²) in [5, 5.41) is 4.35. The molecule has 0 unspecified atom stereocenters. The van der Waals surface area contributed by atoms with Crippen molar-refractivity contribution in [2.45, 2.75) is 81.1 Å². The lowest BCUT2D eigenvalue weighted by Crippen LogP contribution is -2.21. The highest BCUT2D eigenvalue weighted by atomic mass is 35.5. The van der Waals surface area contributed by atoms with E-state index in [-0.39, 0.29) is 5.43 Å². The monoisotopic (exact) mass is 531 g/mol. The number of nitrogens with one attached hydrogen (secondary N) is 1. The summed E-state index contributed by atoms with van der Waals surface area (Å²) in [6.07, 6.45) is 10.3. The lowest BCUT2D eigenvalue weighted by molar-refractivity contribution is 0.270. The summed E-state index contributed by atoms with van der Waals surface area (Å²) in [6, 6.07) is 1.63. The summed E-state index contributed by atoms with van der Waals surface area (Å²) in [4.78, 5) is 21.7. The van der Waals surface area contributed by atoms with Crippen LogP contribution < -0.4 is 10.7 Å². The Morgan fingerprint density at radius 3 is 2.27 bits per heavy atom. The Hall–Kier alpha value is -2.86. The first-order chi connectivity index (χ1) is 18.0. The van der Waals surface area contributed by atoms with Crippen LogP contribution in [0.3, 0.4) is 0 Å². The van der Waals surface area contributed by atoms with Gasteiger partial charge in [0.25, 0.3) is 0 Å². The summed E-state index contributed by atoms with van der Waals surface area (Å²) >= 11 is 6.06. The molecule has 0 bridgehead atoms. The molecule has 0 amide bonds. The summed E-state index contributed by atoms with van der Waals surface area (Å²) in [6.45, 7) is 16.6. The van der Waals surface area contributed by atoms with Gasteiger partial charge in [0, 0.05) is 36.6 Å². The van der Waals surface area contributed by atoms with E-state index in [4.69, 9.17) is 21.1 Å². The average Bonchev–Trinajstić information content (AvgIpc) is 3.09. The molecule has 7 heteroatoms. The first kappa shape index (κ1) is 34.1. The van der Waals surface area contributed by atoms with Crippen molar-refractivity contribution in [1.29, 1.82) is 0 Å². The number of hydrogen-bond acceptors (Lipinski definition) is 6. The quantitative estimate of drug-likeness (QED) is 0.349. The predicted molar refractivity (Wildman–Crippen MR) is 159 cm³/mol. The Bertz CT molecular complexity index is 1120. The number of rotatable bonds is 8. The lowest BCUT2D eigenvalue weighted by Gasteiger charge is -2.19. The van der Waals surface area contributed by atoms with E-state index in [1.807, 2.05) is 67.5 Å². The molecule has 0 atom stereocenters. The second-order valence-electron chi connectivity index (χ2n) is 7.40. The van der Waals surface area contributed by atoms with Crippen LogP contribution in [0, 0.1) is 0 Å². The maximum atomic E-state index is 13.1. The summed E-state index contributed by atoms with van der Waals surface area (Å²) < 4.78 is 10.9. The highest BCUT2D eigenvalue weighted by Crippen LogP contribution is 2.22. The SMILES string of the molecule is C/C=C(\CC/C(CNC1=Cc2c(cnc3ncc(Cl)cc3c2=O)CC1)=C(\C)OC)OC.CC.CC.CC. The number of pyridine rings is 1. The minimum absolute atomic E-state index is 0.0989. The minimum atomic E-state index is -0.0989. The van der Waals surface area contributed by atoms with E-state index in [1.54, 1.807) is 26.5 Å². The van der Waals surface area contributed by atoms with E-state index in [2.05, 4.69) is 15.3 Å². The van der Waals surface area contributed by atoms with Crippen LogP contribution in [0.25, 0.3) is 17.1 Å². The third-order valence-corrected chi connectivity index (χ3v) is 5.79. The van der Waals surface area contributed by atoms with E-state index in [9.17, 15) is 4.79 Å². The van der Waals surface area contributed by atoms with Gasteiger partial charge in [0.2, 0.25) is 0 Å². The fourth-order valence-electron chi connectivity index (χ4n) is 3.61. The van der Waals surface area contributed by atoms with Crippen LogP contribution in [0.5, 0.6) is 0 Å². The van der Waals surface area contributed by atoms with E-state index in [1.165, 1.54) is 6.20 Å². The molecule has 3 rings (SSSR count). The van der Waals surface area contributed by atoms with Crippen LogP contribution in [0.1, 0.15) is 85.8 Å². The van der Waals surface area contributed by atoms with E-state index in [0.717, 1.165) is 54.0 Å². The van der Waals surface area contributed by atoms with E-state index >= 15 is 0 Å². The maximum absolute atomic E-state index is 13.1. The number of hydrogen-bond donors (Lipinski definition) is 1. The molecule has 0 fully saturated rings. The Kier molecular flexibility index (Phi) is 17.8. The molecule has 0 aromatic carbocycles. The average molecular weight is 532 g/mol. The Morgan fingerprint density at radius 2 is 1.68 bits per heavy atom. The second-order valence-corrected chi connectivity index (χ2v) is 7.83. The highest BCUT2D eigenvalue weighted by Gasteiger charge is 2.16. The zero-order valence-electron chi connectivity index (χ0n) is 24.4. The van der Waals surface area contributed by atoms with Crippen molar-refractivity contribution in [3.63, 3.8) is 0 Å². The summed E-state index contributed by atoms with van der Waals surface area (Å²) in [5.41, 5.74) is 4.05. The Morgan fingerprint density at radius 1 is 1.03 bits per heavy atom. The lowest BCUT2D eigenvalue weighted by atomic mass is 9.97. The summed E-state index contributed by atoms with van der Waals surface area (Å²) in [7, 11) is 3.37. The molecule has 0 saturated heterocycles. The first-order valence-electron chi connectivity index (χ1n) is 13.3. The number of methoxy groups -OCH3 is 2. The number of ether oxygens (including phenoxy) is 2. The molecule has 206 valence electrons. The molecule has 6 nitrogen and oxygen atoms in total. The molecular formula is C30H46ClN3O3. The van der Waals surface area contributed by atoms with Gasteiger partial charge in [-0.05, 0) is 62.5 Å². The van der Waals surface area contributed by atoms with Gasteiger partial charge in [0.15, 0.2) is 11.1 Å². The Balaban J connectivity index is 0.00000201. The van der Waals surface area contributed by atoms with Crippen molar-refractivity contribution in [3.8, 4) is 0 Å². The number of aromatic nitrogens is 2. The van der Waals surface area contributed by atoms with Crippen LogP contribution in [-0.4, -0.2) is 30.7 Å². The first-order valence-corrected chi connectivity index (χ1v) is 13.7. The van der Waals surface area contributed by atoms with Gasteiger partial charge in [-0.15, -0.1) is 0 Å². The molecule has 0 saturated carbocycles. The number of nitrogens with zero attached hydrogens (tertiary/aromatic N) is 2. The Labute approximate surface area is 228 Å². The molecule has 0 radical (unpaired) electrons. The van der Waals surface area contributed by atoms with Crippen molar-refractivity contribution in [3.05, 3.63) is 73.7 Å². The molecule has 2 aromatic heterocycles. The van der Waals surface area contributed by atoms with Gasteiger partial charge in [-0.25, -0.2) is 9.97 Å². The van der Waals surface area contributed by atoms with Gasteiger partial charge < -0.3 is 14.8 Å². The number of halogens is 1. The number of allylic oxidation sites excluding steroid dienone is 4. The topological polar surface area (TPSA) is 73.3 Å². The molecule has 2 heterocycles. The molecule has 2 aromatic rings. The van der Waals surface area contributed by atoms with E-state index < -0.39 is 0 Å². The van der Waals surface area contributed by atoms with E-state index in [0.29, 0.717) is 28.2 Å². The second kappa shape index (κ2) is 19.3. The van der Waals surface area contributed by atoms with Crippen molar-refractivity contribution in [1.82, 2.24) is 15.3 Å². The van der Waals surface area contributed by atoms with Gasteiger partial charge in [-0.3, -0.25) is 4.79 Å². The maximum Gasteiger partial charge on any atom is 0.197 e. The third kappa shape index (κ3) is 10.2. The highest BCUT2D eigenvalue weighted by molar-refractivity contribution is 6.31. The van der Waals surface area contributed by atoms with Crippen molar-refractivity contribution in [2.75, 3.05) is 20.8 Å². The zero-order valence-corrected chi connectivity index (χ0v) is 25.2. The van der Waals surface area contributed by atoms with Gasteiger partial charge >= 0.3 is 0 Å². The van der Waals surface area contributed by atoms with Crippen molar-refractivity contribution in [2.24, 2.45) is 0 Å². The van der Waals surface area contributed by atoms with Crippen LogP contribution in [0.15, 0.2) is 52.1 Å². The fraction of sp³-hybridized carbons (Fsp3) is 0.500. The molecule has 37 heavy (non-hydrogen) atoms. The van der Waals surface area contributed by atoms with Crippen LogP contribution in [-0.2, 0) is 15.9 Å². The normalized spacial score (nSPS) is 12.6.